The summed E-state index contributed by atoms with van der Waals surface area (Å²) in [5.41, 5.74) is 0.545. The molecule has 0 amide bonds. The fourth-order valence-corrected chi connectivity index (χ4v) is 1.55. The van der Waals surface area contributed by atoms with Crippen LogP contribution in [0.15, 0.2) is 30.3 Å². The summed E-state index contributed by atoms with van der Waals surface area (Å²) >= 11 is 0. The number of hydrogen-bond donors (Lipinski definition) is 0. The van der Waals surface area contributed by atoms with Crippen LogP contribution in [0.3, 0.4) is 0 Å². The van der Waals surface area contributed by atoms with Gasteiger partial charge in [0.15, 0.2) is 23.3 Å². The molecule has 0 atom stereocenters. The molecule has 0 fully saturated rings. The molecule has 2 aromatic rings. The van der Waals surface area contributed by atoms with Crippen molar-refractivity contribution in [1.82, 2.24) is 0 Å². The number of rotatable bonds is 1. The molecule has 0 aromatic heterocycles. The Morgan fingerprint density at radius 2 is 1.05 bits per heavy atom. The van der Waals surface area contributed by atoms with Crippen molar-refractivity contribution in [2.75, 3.05) is 0 Å². The van der Waals surface area contributed by atoms with Crippen molar-refractivity contribution < 1.29 is 22.0 Å². The summed E-state index contributed by atoms with van der Waals surface area (Å²) in [6.45, 7) is 5.22. The predicted octanol–water partition coefficient (Wildman–Crippen LogP) is 5.50. The molecule has 5 heteroatoms. The lowest BCUT2D eigenvalue weighted by molar-refractivity contribution is 0.373. The Morgan fingerprint density at radius 3 is 1.38 bits per heavy atom. The van der Waals surface area contributed by atoms with Crippen LogP contribution in [0.1, 0.15) is 30.9 Å². The van der Waals surface area contributed by atoms with Crippen molar-refractivity contribution in [2.45, 2.75) is 26.7 Å². The topological polar surface area (TPSA) is 0 Å². The molecule has 0 aliphatic heterocycles. The van der Waals surface area contributed by atoms with Crippen LogP contribution < -0.4 is 0 Å². The van der Waals surface area contributed by atoms with Crippen LogP contribution in [0.5, 0.6) is 0 Å². The quantitative estimate of drug-likeness (QED) is 0.370. The Labute approximate surface area is 120 Å². The van der Waals surface area contributed by atoms with Crippen molar-refractivity contribution in [3.05, 3.63) is 70.5 Å². The fourth-order valence-electron chi connectivity index (χ4n) is 1.55. The number of hydrogen-bond acceptors (Lipinski definition) is 0. The summed E-state index contributed by atoms with van der Waals surface area (Å²) in [6.07, 6.45) is 0. The highest BCUT2D eigenvalue weighted by Crippen LogP contribution is 2.21. The van der Waals surface area contributed by atoms with Gasteiger partial charge < -0.3 is 0 Å². The van der Waals surface area contributed by atoms with Gasteiger partial charge >= 0.3 is 0 Å². The summed E-state index contributed by atoms with van der Waals surface area (Å²) in [5.74, 6) is -8.86. The van der Waals surface area contributed by atoms with E-state index in [9.17, 15) is 22.0 Å². The van der Waals surface area contributed by atoms with Crippen LogP contribution in [0.4, 0.5) is 22.0 Å². The van der Waals surface area contributed by atoms with Crippen molar-refractivity contribution in [3.63, 3.8) is 0 Å². The van der Waals surface area contributed by atoms with Gasteiger partial charge in [0, 0.05) is 5.56 Å². The maximum absolute atomic E-state index is 12.4. The third-order valence-corrected chi connectivity index (χ3v) is 2.90. The normalized spacial score (nSPS) is 10.3. The molecule has 0 saturated heterocycles. The number of benzene rings is 2. The molecular weight excluding hydrogens is 287 g/mol. The minimum atomic E-state index is -2.13. The molecule has 0 N–H and O–H groups in total. The minimum absolute atomic E-state index is 0.659. The largest absolute Gasteiger partial charge is 0.203 e. The molecule has 0 unspecified atom stereocenters. The summed E-state index contributed by atoms with van der Waals surface area (Å²) in [4.78, 5) is 0. The van der Waals surface area contributed by atoms with Crippen LogP contribution in [0, 0.1) is 36.0 Å². The average Bonchev–Trinajstić information content (AvgIpc) is 2.50. The second-order valence-corrected chi connectivity index (χ2v) is 4.76. The molecule has 114 valence electrons. The van der Waals surface area contributed by atoms with Crippen LogP contribution in [-0.2, 0) is 0 Å². The number of halogens is 5. The first-order chi connectivity index (χ1) is 9.77. The first-order valence-corrected chi connectivity index (χ1v) is 6.30. The summed E-state index contributed by atoms with van der Waals surface area (Å²) in [5, 5.41) is 0. The lowest BCUT2D eigenvalue weighted by Crippen LogP contribution is -2.03. The zero-order valence-electron chi connectivity index (χ0n) is 11.9. The fraction of sp³-hybridized carbons (Fsp3) is 0.250. The van der Waals surface area contributed by atoms with E-state index in [0.29, 0.717) is 5.92 Å². The maximum Gasteiger partial charge on any atom is 0.200 e. The zero-order chi connectivity index (χ0) is 16.2. The van der Waals surface area contributed by atoms with Gasteiger partial charge in [-0.25, -0.2) is 22.0 Å². The highest BCUT2D eigenvalue weighted by atomic mass is 19.2. The first-order valence-electron chi connectivity index (χ1n) is 6.30. The molecule has 0 bridgehead atoms. The monoisotopic (exact) mass is 302 g/mol. The third kappa shape index (κ3) is 4.03. The van der Waals surface area contributed by atoms with Gasteiger partial charge in [0.05, 0.1) is 0 Å². The lowest BCUT2D eigenvalue weighted by atomic mass is 10.0. The second-order valence-electron chi connectivity index (χ2n) is 4.76. The summed E-state index contributed by atoms with van der Waals surface area (Å²) < 4.78 is 61.6. The third-order valence-electron chi connectivity index (χ3n) is 2.90. The van der Waals surface area contributed by atoms with Gasteiger partial charge in [-0.05, 0) is 18.4 Å². The average molecular weight is 302 g/mol. The van der Waals surface area contributed by atoms with Gasteiger partial charge in [0.25, 0.3) is 0 Å². The molecule has 2 aromatic carbocycles. The second kappa shape index (κ2) is 7.20. The molecule has 0 aliphatic rings. The Bertz CT molecular complexity index is 501. The van der Waals surface area contributed by atoms with Crippen molar-refractivity contribution in [1.29, 1.82) is 0 Å². The van der Waals surface area contributed by atoms with Crippen LogP contribution >= 0.6 is 0 Å². The smallest absolute Gasteiger partial charge is 0.200 e. The Kier molecular flexibility index (Phi) is 5.88. The predicted molar refractivity (Wildman–Crippen MR) is 71.5 cm³/mol. The Hall–Kier alpha value is -1.91. The standard InChI is InChI=1S/C9H12.C7H3F5/c1-8(2)9-6-4-3-5-7-9;1-2-3(8)5(10)7(12)6(11)4(2)9/h3-8H,1-2H3;1H3. The van der Waals surface area contributed by atoms with E-state index in [-0.39, 0.29) is 0 Å². The molecule has 2 rings (SSSR count). The van der Waals surface area contributed by atoms with Gasteiger partial charge in [0.2, 0.25) is 5.82 Å². The van der Waals surface area contributed by atoms with E-state index in [1.54, 1.807) is 0 Å². The lowest BCUT2D eigenvalue weighted by Gasteiger charge is -2.02. The van der Waals surface area contributed by atoms with Crippen LogP contribution in [0.2, 0.25) is 0 Å². The Balaban J connectivity index is 0.000000219. The highest BCUT2D eigenvalue weighted by Gasteiger charge is 2.22. The molecule has 0 spiro atoms. The van der Waals surface area contributed by atoms with Gasteiger partial charge in [-0.3, -0.25) is 0 Å². The molecule has 0 saturated carbocycles. The molecule has 0 nitrogen and oxygen atoms in total. The van der Waals surface area contributed by atoms with E-state index >= 15 is 0 Å². The van der Waals surface area contributed by atoms with Gasteiger partial charge in [0.1, 0.15) is 0 Å². The SMILES string of the molecule is CC(C)c1ccccc1.Cc1c(F)c(F)c(F)c(F)c1F. The summed E-state index contributed by atoms with van der Waals surface area (Å²) in [7, 11) is 0. The van der Waals surface area contributed by atoms with Crippen molar-refractivity contribution >= 4 is 0 Å². The van der Waals surface area contributed by atoms with Gasteiger partial charge in [-0.2, -0.15) is 0 Å². The highest BCUT2D eigenvalue weighted by molar-refractivity contribution is 5.22. The summed E-state index contributed by atoms with van der Waals surface area (Å²) in [6, 6.07) is 10.5. The first kappa shape index (κ1) is 17.1. The van der Waals surface area contributed by atoms with E-state index in [1.807, 2.05) is 6.07 Å². The molecular formula is C16H15F5. The molecule has 0 aliphatic carbocycles. The molecule has 0 heterocycles. The van der Waals surface area contributed by atoms with E-state index in [2.05, 4.69) is 38.1 Å². The van der Waals surface area contributed by atoms with Crippen molar-refractivity contribution in [2.24, 2.45) is 0 Å². The van der Waals surface area contributed by atoms with Gasteiger partial charge in [-0.15, -0.1) is 0 Å². The van der Waals surface area contributed by atoms with Crippen LogP contribution in [-0.4, -0.2) is 0 Å². The van der Waals surface area contributed by atoms with E-state index in [4.69, 9.17) is 0 Å². The van der Waals surface area contributed by atoms with E-state index < -0.39 is 34.6 Å². The Morgan fingerprint density at radius 1 is 0.667 bits per heavy atom. The van der Waals surface area contributed by atoms with Gasteiger partial charge in [-0.1, -0.05) is 44.2 Å². The molecule has 0 radical (unpaired) electrons. The zero-order valence-corrected chi connectivity index (χ0v) is 11.9. The minimum Gasteiger partial charge on any atom is -0.203 e. The van der Waals surface area contributed by atoms with Crippen molar-refractivity contribution in [3.8, 4) is 0 Å². The van der Waals surface area contributed by atoms with Crippen LogP contribution in [0.25, 0.3) is 0 Å². The van der Waals surface area contributed by atoms with E-state index in [0.717, 1.165) is 6.92 Å². The molecule has 21 heavy (non-hydrogen) atoms. The maximum atomic E-state index is 12.4. The van der Waals surface area contributed by atoms with E-state index in [1.165, 1.54) is 5.56 Å².